The first-order valence-corrected chi connectivity index (χ1v) is 9.27. The monoisotopic (exact) mass is 403 g/mol. The number of fused-ring (bicyclic) bond motifs is 1. The number of ether oxygens (including phenoxy) is 1. The number of halogens is 1. The van der Waals surface area contributed by atoms with Crippen LogP contribution in [0.25, 0.3) is 10.9 Å². The Morgan fingerprint density at radius 1 is 1.36 bits per heavy atom. The van der Waals surface area contributed by atoms with Crippen LogP contribution in [0.3, 0.4) is 0 Å². The summed E-state index contributed by atoms with van der Waals surface area (Å²) in [5, 5.41) is 10.3. The number of piperidine rings is 1. The zero-order valence-corrected chi connectivity index (χ0v) is 16.3. The van der Waals surface area contributed by atoms with Crippen LogP contribution in [0.1, 0.15) is 50.7 Å². The number of benzene rings is 1. The summed E-state index contributed by atoms with van der Waals surface area (Å²) >= 11 is 3.40. The van der Waals surface area contributed by atoms with Crippen LogP contribution in [0.2, 0.25) is 0 Å². The fraction of sp³-hybridized carbons (Fsp3) is 0.474. The summed E-state index contributed by atoms with van der Waals surface area (Å²) in [6.45, 7) is 7.04. The minimum absolute atomic E-state index is 0.234. The summed E-state index contributed by atoms with van der Waals surface area (Å²) < 4.78 is 6.17. The molecule has 2 aromatic rings. The van der Waals surface area contributed by atoms with Gasteiger partial charge in [0.1, 0.15) is 16.3 Å². The first-order chi connectivity index (χ1) is 11.8. The number of amides is 1. The first kappa shape index (κ1) is 17.8. The van der Waals surface area contributed by atoms with Gasteiger partial charge in [0.2, 0.25) is 0 Å². The molecule has 0 aliphatic carbocycles. The van der Waals surface area contributed by atoms with Gasteiger partial charge in [-0.25, -0.2) is 4.79 Å². The first-order valence-electron chi connectivity index (χ1n) is 8.47. The van der Waals surface area contributed by atoms with Gasteiger partial charge in [0.25, 0.3) is 0 Å². The third-order valence-electron chi connectivity index (χ3n) is 4.51. The zero-order valence-electron chi connectivity index (χ0n) is 14.7. The number of hydrogen-bond donors (Lipinski definition) is 1. The van der Waals surface area contributed by atoms with E-state index in [1.165, 1.54) is 5.56 Å². The highest BCUT2D eigenvalue weighted by Crippen LogP contribution is 2.33. The van der Waals surface area contributed by atoms with Crippen LogP contribution >= 0.6 is 15.9 Å². The molecule has 3 rings (SSSR count). The number of hydrogen-bond acceptors (Lipinski definition) is 3. The number of nitrogens with one attached hydrogen (secondary N) is 1. The van der Waals surface area contributed by atoms with Crippen LogP contribution in [0.15, 0.2) is 22.8 Å². The number of carbonyl (C=O) groups is 1. The summed E-state index contributed by atoms with van der Waals surface area (Å²) in [5.74, 6) is 0.392. The number of H-pyrrole nitrogens is 1. The molecule has 2 heterocycles. The van der Waals surface area contributed by atoms with E-state index in [2.05, 4.69) is 39.1 Å². The van der Waals surface area contributed by atoms with Crippen molar-refractivity contribution in [3.05, 3.63) is 33.9 Å². The fourth-order valence-corrected chi connectivity index (χ4v) is 3.78. The van der Waals surface area contributed by atoms with Gasteiger partial charge in [0.15, 0.2) is 0 Å². The topological polar surface area (TPSA) is 69.1 Å². The predicted octanol–water partition coefficient (Wildman–Crippen LogP) is 4.92. The van der Waals surface area contributed by atoms with Crippen molar-refractivity contribution >= 4 is 32.9 Å². The molecule has 132 valence electrons. The SMILES string of the molecule is CC(C)(C)OC(=O)N1CCC(c2ccc3[nH]c(Br)c(C#N)c3c2)CC1. The molecule has 0 atom stereocenters. The highest BCUT2D eigenvalue weighted by Gasteiger charge is 2.27. The van der Waals surface area contributed by atoms with E-state index in [0.717, 1.165) is 28.3 Å². The van der Waals surface area contributed by atoms with Crippen molar-refractivity contribution < 1.29 is 9.53 Å². The summed E-state index contributed by atoms with van der Waals surface area (Å²) in [6.07, 6.45) is 1.57. The molecule has 0 radical (unpaired) electrons. The van der Waals surface area contributed by atoms with Gasteiger partial charge in [0, 0.05) is 24.0 Å². The Bertz CT molecular complexity index is 837. The second-order valence-electron chi connectivity index (χ2n) is 7.47. The lowest BCUT2D eigenvalue weighted by Crippen LogP contribution is -2.41. The molecule has 1 aliphatic rings. The molecule has 25 heavy (non-hydrogen) atoms. The molecule has 1 aromatic carbocycles. The van der Waals surface area contributed by atoms with Crippen molar-refractivity contribution in [2.75, 3.05) is 13.1 Å². The highest BCUT2D eigenvalue weighted by atomic mass is 79.9. The maximum absolute atomic E-state index is 12.2. The van der Waals surface area contributed by atoms with Crippen LogP contribution in [0.4, 0.5) is 4.79 Å². The van der Waals surface area contributed by atoms with Crippen molar-refractivity contribution in [1.82, 2.24) is 9.88 Å². The molecule has 0 spiro atoms. The Morgan fingerprint density at radius 3 is 2.64 bits per heavy atom. The third kappa shape index (κ3) is 3.82. The van der Waals surface area contributed by atoms with Crippen LogP contribution < -0.4 is 0 Å². The van der Waals surface area contributed by atoms with Crippen LogP contribution in [0.5, 0.6) is 0 Å². The molecule has 0 bridgehead atoms. The highest BCUT2D eigenvalue weighted by molar-refractivity contribution is 9.10. The van der Waals surface area contributed by atoms with Crippen molar-refractivity contribution in [3.63, 3.8) is 0 Å². The van der Waals surface area contributed by atoms with E-state index in [-0.39, 0.29) is 6.09 Å². The van der Waals surface area contributed by atoms with Gasteiger partial charge < -0.3 is 14.6 Å². The minimum Gasteiger partial charge on any atom is -0.444 e. The lowest BCUT2D eigenvalue weighted by Gasteiger charge is -2.33. The molecule has 0 saturated carbocycles. The molecular weight excluding hydrogens is 382 g/mol. The second-order valence-corrected chi connectivity index (χ2v) is 8.27. The van der Waals surface area contributed by atoms with Gasteiger partial charge in [-0.2, -0.15) is 5.26 Å². The average Bonchev–Trinajstić information content (AvgIpc) is 2.87. The minimum atomic E-state index is -0.464. The van der Waals surface area contributed by atoms with E-state index in [1.807, 2.05) is 26.8 Å². The van der Waals surface area contributed by atoms with Crippen LogP contribution in [-0.2, 0) is 4.74 Å². The number of carbonyl (C=O) groups excluding carboxylic acids is 1. The van der Waals surface area contributed by atoms with Gasteiger partial charge >= 0.3 is 6.09 Å². The Labute approximate surface area is 156 Å². The van der Waals surface area contributed by atoms with Gasteiger partial charge in [-0.3, -0.25) is 0 Å². The molecule has 1 aromatic heterocycles. The maximum atomic E-state index is 12.2. The van der Waals surface area contributed by atoms with Gasteiger partial charge in [-0.15, -0.1) is 0 Å². The number of rotatable bonds is 1. The van der Waals surface area contributed by atoms with Crippen molar-refractivity contribution in [2.24, 2.45) is 0 Å². The lowest BCUT2D eigenvalue weighted by atomic mass is 9.89. The standard InChI is InChI=1S/C19H22BrN3O2/c1-19(2,3)25-18(24)23-8-6-12(7-9-23)13-4-5-16-14(10-13)15(11-21)17(20)22-16/h4-5,10,12,22H,6-9H2,1-3H3. The lowest BCUT2D eigenvalue weighted by molar-refractivity contribution is 0.0205. The quantitative estimate of drug-likeness (QED) is 0.734. The summed E-state index contributed by atoms with van der Waals surface area (Å²) in [5.41, 5.74) is 2.36. The van der Waals surface area contributed by atoms with E-state index in [1.54, 1.807) is 4.90 Å². The van der Waals surface area contributed by atoms with Gasteiger partial charge in [-0.05, 0) is 73.2 Å². The molecule has 6 heteroatoms. The van der Waals surface area contributed by atoms with Crippen molar-refractivity contribution in [3.8, 4) is 6.07 Å². The average molecular weight is 404 g/mol. The van der Waals surface area contributed by atoms with E-state index in [9.17, 15) is 10.1 Å². The van der Waals surface area contributed by atoms with Crippen LogP contribution in [-0.4, -0.2) is 34.7 Å². The molecule has 1 saturated heterocycles. The Morgan fingerprint density at radius 2 is 2.04 bits per heavy atom. The number of nitrogens with zero attached hydrogens (tertiary/aromatic N) is 2. The number of aromatic amines is 1. The Balaban J connectivity index is 1.72. The molecular formula is C19H22BrN3O2. The second kappa shape index (κ2) is 6.72. The van der Waals surface area contributed by atoms with Gasteiger partial charge in [-0.1, -0.05) is 6.07 Å². The zero-order chi connectivity index (χ0) is 18.2. The molecule has 1 amide bonds. The Kier molecular flexibility index (Phi) is 4.79. The van der Waals surface area contributed by atoms with Crippen LogP contribution in [0, 0.1) is 11.3 Å². The molecule has 1 aliphatic heterocycles. The fourth-order valence-electron chi connectivity index (χ4n) is 3.26. The van der Waals surface area contributed by atoms with E-state index in [0.29, 0.717) is 24.6 Å². The number of nitriles is 1. The smallest absolute Gasteiger partial charge is 0.410 e. The molecule has 1 fully saturated rings. The normalized spacial score (nSPS) is 16.0. The summed E-state index contributed by atoms with van der Waals surface area (Å²) in [6, 6.07) is 8.48. The summed E-state index contributed by atoms with van der Waals surface area (Å²) in [7, 11) is 0. The van der Waals surface area contributed by atoms with E-state index in [4.69, 9.17) is 4.74 Å². The van der Waals surface area contributed by atoms with E-state index >= 15 is 0 Å². The Hall–Kier alpha value is -2.00. The van der Waals surface area contributed by atoms with Crippen molar-refractivity contribution in [1.29, 1.82) is 5.26 Å². The molecule has 0 unspecified atom stereocenters. The number of aromatic nitrogens is 1. The van der Waals surface area contributed by atoms with Gasteiger partial charge in [0.05, 0.1) is 5.56 Å². The third-order valence-corrected chi connectivity index (χ3v) is 5.10. The molecule has 1 N–H and O–H groups in total. The van der Waals surface area contributed by atoms with Crippen molar-refractivity contribution in [2.45, 2.75) is 45.1 Å². The molecule has 5 nitrogen and oxygen atoms in total. The number of likely N-dealkylation sites (tertiary alicyclic amines) is 1. The summed E-state index contributed by atoms with van der Waals surface area (Å²) in [4.78, 5) is 17.1. The van der Waals surface area contributed by atoms with E-state index < -0.39 is 5.60 Å². The maximum Gasteiger partial charge on any atom is 0.410 e. The predicted molar refractivity (Wildman–Crippen MR) is 100 cm³/mol. The largest absolute Gasteiger partial charge is 0.444 e.